The van der Waals surface area contributed by atoms with Crippen LogP contribution in [0.5, 0.6) is 0 Å². The summed E-state index contributed by atoms with van der Waals surface area (Å²) in [6.45, 7) is 0.822. The fraction of sp³-hybridized carbons (Fsp3) is 1.00. The van der Waals surface area contributed by atoms with Gasteiger partial charge >= 0.3 is 7.60 Å². The topological polar surface area (TPSA) is 107 Å². The van der Waals surface area contributed by atoms with E-state index in [-0.39, 0.29) is 0 Å². The van der Waals surface area contributed by atoms with Crippen molar-refractivity contribution in [2.75, 3.05) is 7.11 Å². The molecule has 0 aromatic heterocycles. The zero-order valence-corrected chi connectivity index (χ0v) is 7.79. The van der Waals surface area contributed by atoms with Gasteiger partial charge in [0.15, 0.2) is 0 Å². The molecule has 0 aliphatic heterocycles. The van der Waals surface area contributed by atoms with Gasteiger partial charge in [0, 0.05) is 7.11 Å². The average Bonchev–Trinajstić information content (AvgIpc) is 1.87. The zero-order valence-electron chi connectivity index (χ0n) is 6.00. The molecule has 0 aromatic carbocycles. The van der Waals surface area contributed by atoms with Crippen molar-refractivity contribution in [2.45, 2.75) is 12.0 Å². The second-order valence-electron chi connectivity index (χ2n) is 1.96. The quantitative estimate of drug-likeness (QED) is 0.473. The molecule has 0 heterocycles. The van der Waals surface area contributed by atoms with Crippen LogP contribution >= 0.6 is 16.0 Å². The summed E-state index contributed by atoms with van der Waals surface area (Å²) in [5, 5.41) is 6.52. The van der Waals surface area contributed by atoms with E-state index >= 15 is 0 Å². The Bertz CT molecular complexity index is 177. The van der Waals surface area contributed by atoms with Crippen molar-refractivity contribution in [1.82, 2.24) is 0 Å². The monoisotopic (exact) mass is 204 g/mol. The van der Waals surface area contributed by atoms with E-state index in [9.17, 15) is 4.57 Å². The molecule has 4 N–H and O–H groups in total. The standard InChI is InChI=1S/C3H10O6P2/c1-3(4,10(5)6)11(7,8)9-2/h4-6H,1-2H3,(H,7,8). The normalized spacial score (nSPS) is 22.8. The van der Waals surface area contributed by atoms with Crippen molar-refractivity contribution >= 4 is 16.0 Å². The fourth-order valence-corrected chi connectivity index (χ4v) is 1.78. The molecule has 0 rings (SSSR count). The molecule has 0 bridgehead atoms. The Balaban J connectivity index is 4.68. The maximum absolute atomic E-state index is 10.8. The zero-order chi connectivity index (χ0) is 9.28. The van der Waals surface area contributed by atoms with E-state index in [1.54, 1.807) is 0 Å². The molecule has 2 unspecified atom stereocenters. The van der Waals surface area contributed by atoms with Gasteiger partial charge in [-0.2, -0.15) is 0 Å². The highest BCUT2D eigenvalue weighted by Crippen LogP contribution is 2.65. The predicted molar refractivity (Wildman–Crippen MR) is 38.8 cm³/mol. The van der Waals surface area contributed by atoms with Crippen LogP contribution in [-0.2, 0) is 9.09 Å². The molecule has 2 atom stereocenters. The van der Waals surface area contributed by atoms with Crippen LogP contribution in [0.2, 0.25) is 0 Å². The van der Waals surface area contributed by atoms with Crippen molar-refractivity contribution in [1.29, 1.82) is 0 Å². The van der Waals surface area contributed by atoms with Crippen LogP contribution in [0.4, 0.5) is 0 Å². The summed E-state index contributed by atoms with van der Waals surface area (Å²) in [6.07, 6.45) is 0. The summed E-state index contributed by atoms with van der Waals surface area (Å²) in [5.41, 5.74) is 0. The maximum atomic E-state index is 10.8. The Morgan fingerprint density at radius 2 is 1.91 bits per heavy atom. The summed E-state index contributed by atoms with van der Waals surface area (Å²) in [5.74, 6) is 0. The predicted octanol–water partition coefficient (Wildman–Crippen LogP) is -0.219. The van der Waals surface area contributed by atoms with Crippen LogP contribution in [0.3, 0.4) is 0 Å². The smallest absolute Gasteiger partial charge is 0.368 e. The summed E-state index contributed by atoms with van der Waals surface area (Å²) in [4.78, 5) is 25.8. The van der Waals surface area contributed by atoms with Crippen molar-refractivity contribution in [2.24, 2.45) is 0 Å². The van der Waals surface area contributed by atoms with Crippen LogP contribution in [0.15, 0.2) is 0 Å². The molecule has 68 valence electrons. The molecule has 0 aliphatic carbocycles. The Kier molecular flexibility index (Phi) is 3.60. The summed E-state index contributed by atoms with van der Waals surface area (Å²) >= 11 is 0. The van der Waals surface area contributed by atoms with E-state index in [0.717, 1.165) is 14.0 Å². The van der Waals surface area contributed by atoms with Crippen molar-refractivity contribution < 1.29 is 28.9 Å². The molecular weight excluding hydrogens is 194 g/mol. The van der Waals surface area contributed by atoms with Crippen LogP contribution in [-0.4, -0.2) is 32.0 Å². The third kappa shape index (κ3) is 2.20. The first-order chi connectivity index (χ1) is 4.75. The molecule has 6 nitrogen and oxygen atoms in total. The van der Waals surface area contributed by atoms with Crippen molar-refractivity contribution in [3.05, 3.63) is 0 Å². The Hall–Kier alpha value is 0.460. The lowest BCUT2D eigenvalue weighted by molar-refractivity contribution is 0.153. The van der Waals surface area contributed by atoms with Crippen molar-refractivity contribution in [3.8, 4) is 0 Å². The first-order valence-electron chi connectivity index (χ1n) is 2.54. The third-order valence-electron chi connectivity index (χ3n) is 1.16. The molecule has 0 fully saturated rings. The van der Waals surface area contributed by atoms with Gasteiger partial charge in [-0.15, -0.1) is 0 Å². The molecule has 0 aliphatic rings. The Morgan fingerprint density at radius 1 is 1.55 bits per heavy atom. The van der Waals surface area contributed by atoms with E-state index in [0.29, 0.717) is 0 Å². The number of hydrogen-bond donors (Lipinski definition) is 4. The van der Waals surface area contributed by atoms with E-state index < -0.39 is 21.1 Å². The van der Waals surface area contributed by atoms with E-state index in [2.05, 4.69) is 4.52 Å². The lowest BCUT2D eigenvalue weighted by Gasteiger charge is -2.26. The highest BCUT2D eigenvalue weighted by Gasteiger charge is 2.49. The SMILES string of the molecule is COP(=O)(O)C(C)(O)P(O)O. The van der Waals surface area contributed by atoms with E-state index in [1.807, 2.05) is 0 Å². The number of aliphatic hydroxyl groups is 1. The highest BCUT2D eigenvalue weighted by molar-refractivity contribution is 7.69. The van der Waals surface area contributed by atoms with Gasteiger partial charge < -0.3 is 24.3 Å². The lowest BCUT2D eigenvalue weighted by atomic mass is 10.9. The van der Waals surface area contributed by atoms with Gasteiger partial charge in [0.2, 0.25) is 13.5 Å². The second-order valence-corrected chi connectivity index (χ2v) is 6.04. The molecule has 8 heteroatoms. The molecule has 0 saturated heterocycles. The first-order valence-corrected chi connectivity index (χ1v) is 5.37. The summed E-state index contributed by atoms with van der Waals surface area (Å²) < 4.78 is 14.8. The van der Waals surface area contributed by atoms with Gasteiger partial charge in [-0.05, 0) is 6.92 Å². The molecule has 0 aromatic rings. The number of hydrogen-bond acceptors (Lipinski definition) is 5. The molecule has 0 radical (unpaired) electrons. The molecule has 0 spiro atoms. The summed E-state index contributed by atoms with van der Waals surface area (Å²) in [6, 6.07) is 0. The fourth-order valence-electron chi connectivity index (χ4n) is 0.286. The van der Waals surface area contributed by atoms with Gasteiger partial charge in [0.05, 0.1) is 0 Å². The van der Waals surface area contributed by atoms with Crippen LogP contribution in [0, 0.1) is 0 Å². The Morgan fingerprint density at radius 3 is 2.00 bits per heavy atom. The molecule has 0 saturated carbocycles. The molecule has 11 heavy (non-hydrogen) atoms. The van der Waals surface area contributed by atoms with Gasteiger partial charge in [0.1, 0.15) is 0 Å². The average molecular weight is 204 g/mol. The minimum atomic E-state index is -4.35. The molecule has 0 amide bonds. The van der Waals surface area contributed by atoms with Crippen LogP contribution in [0.25, 0.3) is 0 Å². The van der Waals surface area contributed by atoms with Gasteiger partial charge in [-0.25, -0.2) is 0 Å². The van der Waals surface area contributed by atoms with E-state index in [4.69, 9.17) is 19.8 Å². The van der Waals surface area contributed by atoms with Gasteiger partial charge in [0.25, 0.3) is 0 Å². The lowest BCUT2D eigenvalue weighted by Crippen LogP contribution is -2.22. The maximum Gasteiger partial charge on any atom is 0.368 e. The summed E-state index contributed by atoms with van der Waals surface area (Å²) in [7, 11) is -6.37. The largest absolute Gasteiger partial charge is 0.370 e. The Labute approximate surface area is 64.9 Å². The third-order valence-corrected chi connectivity index (χ3v) is 4.78. The minimum absolute atomic E-state index is 0.822. The van der Waals surface area contributed by atoms with Crippen LogP contribution in [0.1, 0.15) is 6.92 Å². The minimum Gasteiger partial charge on any atom is -0.370 e. The first kappa shape index (κ1) is 11.5. The van der Waals surface area contributed by atoms with Crippen LogP contribution < -0.4 is 0 Å². The van der Waals surface area contributed by atoms with Gasteiger partial charge in [-0.3, -0.25) is 4.57 Å². The molecular formula is C3H10O6P2. The second kappa shape index (κ2) is 3.46. The van der Waals surface area contributed by atoms with Gasteiger partial charge in [-0.1, -0.05) is 0 Å². The highest BCUT2D eigenvalue weighted by atomic mass is 31.2. The van der Waals surface area contributed by atoms with E-state index in [1.165, 1.54) is 0 Å². The number of rotatable bonds is 3. The van der Waals surface area contributed by atoms with Crippen molar-refractivity contribution in [3.63, 3.8) is 0 Å².